The SMILES string of the molecule is CC(COCCC(=O)OC(C)(C)C)OCc1ccccc1. The zero-order valence-electron chi connectivity index (χ0n) is 13.4. The maximum atomic E-state index is 11.5. The van der Waals surface area contributed by atoms with Crippen LogP contribution in [-0.2, 0) is 25.6 Å². The highest BCUT2D eigenvalue weighted by Crippen LogP contribution is 2.08. The lowest BCUT2D eigenvalue weighted by Gasteiger charge is -2.19. The van der Waals surface area contributed by atoms with Gasteiger partial charge in [-0.3, -0.25) is 4.79 Å². The minimum absolute atomic E-state index is 0.0103. The third-order valence-electron chi connectivity index (χ3n) is 2.60. The zero-order valence-corrected chi connectivity index (χ0v) is 13.4. The van der Waals surface area contributed by atoms with E-state index in [9.17, 15) is 4.79 Å². The molecule has 21 heavy (non-hydrogen) atoms. The zero-order chi connectivity index (χ0) is 15.7. The second-order valence-corrected chi connectivity index (χ2v) is 6.02. The molecular weight excluding hydrogens is 268 g/mol. The molecule has 1 rings (SSSR count). The van der Waals surface area contributed by atoms with Gasteiger partial charge in [-0.1, -0.05) is 30.3 Å². The summed E-state index contributed by atoms with van der Waals surface area (Å²) in [5.41, 5.74) is 0.696. The Morgan fingerprint density at radius 3 is 2.48 bits per heavy atom. The van der Waals surface area contributed by atoms with Gasteiger partial charge < -0.3 is 14.2 Å². The van der Waals surface area contributed by atoms with Crippen molar-refractivity contribution in [2.75, 3.05) is 13.2 Å². The summed E-state index contributed by atoms with van der Waals surface area (Å²) in [5.74, 6) is -0.236. The molecule has 0 bridgehead atoms. The normalized spacial score (nSPS) is 13.0. The number of hydrogen-bond donors (Lipinski definition) is 0. The summed E-state index contributed by atoms with van der Waals surface area (Å²) in [6, 6.07) is 10.0. The number of rotatable bonds is 8. The Hall–Kier alpha value is -1.39. The highest BCUT2D eigenvalue weighted by atomic mass is 16.6. The van der Waals surface area contributed by atoms with Gasteiger partial charge >= 0.3 is 5.97 Å². The van der Waals surface area contributed by atoms with E-state index < -0.39 is 5.60 Å². The lowest BCUT2D eigenvalue weighted by Crippen LogP contribution is -2.25. The van der Waals surface area contributed by atoms with E-state index in [1.807, 2.05) is 58.0 Å². The monoisotopic (exact) mass is 294 g/mol. The van der Waals surface area contributed by atoms with Crippen molar-refractivity contribution in [3.8, 4) is 0 Å². The molecule has 0 radical (unpaired) electrons. The fourth-order valence-corrected chi connectivity index (χ4v) is 1.66. The van der Waals surface area contributed by atoms with Crippen molar-refractivity contribution in [2.24, 2.45) is 0 Å². The largest absolute Gasteiger partial charge is 0.460 e. The van der Waals surface area contributed by atoms with Crippen molar-refractivity contribution in [3.05, 3.63) is 35.9 Å². The van der Waals surface area contributed by atoms with Crippen molar-refractivity contribution in [2.45, 2.75) is 52.4 Å². The summed E-state index contributed by atoms with van der Waals surface area (Å²) in [7, 11) is 0. The minimum atomic E-state index is -0.441. The molecule has 0 N–H and O–H groups in total. The molecule has 0 heterocycles. The molecule has 0 aliphatic heterocycles. The van der Waals surface area contributed by atoms with Crippen LogP contribution in [-0.4, -0.2) is 30.9 Å². The van der Waals surface area contributed by atoms with Crippen LogP contribution < -0.4 is 0 Å². The Morgan fingerprint density at radius 1 is 1.19 bits per heavy atom. The van der Waals surface area contributed by atoms with Gasteiger partial charge in [0.2, 0.25) is 0 Å². The van der Waals surface area contributed by atoms with Gasteiger partial charge in [-0.25, -0.2) is 0 Å². The van der Waals surface area contributed by atoms with Gasteiger partial charge in [-0.15, -0.1) is 0 Å². The molecule has 1 aromatic rings. The summed E-state index contributed by atoms with van der Waals surface area (Å²) in [6.45, 7) is 8.90. The summed E-state index contributed by atoms with van der Waals surface area (Å²) in [6.07, 6.45) is 0.256. The third kappa shape index (κ3) is 9.21. The van der Waals surface area contributed by atoms with E-state index in [4.69, 9.17) is 14.2 Å². The predicted octanol–water partition coefficient (Wildman–Crippen LogP) is 3.34. The van der Waals surface area contributed by atoms with Crippen molar-refractivity contribution >= 4 is 5.97 Å². The van der Waals surface area contributed by atoms with Crippen LogP contribution in [0.2, 0.25) is 0 Å². The smallest absolute Gasteiger partial charge is 0.308 e. The minimum Gasteiger partial charge on any atom is -0.460 e. The average Bonchev–Trinajstić information content (AvgIpc) is 2.40. The first-order valence-corrected chi connectivity index (χ1v) is 7.32. The van der Waals surface area contributed by atoms with E-state index in [-0.39, 0.29) is 18.5 Å². The molecular formula is C17H26O4. The molecule has 4 heteroatoms. The fraction of sp³-hybridized carbons (Fsp3) is 0.588. The van der Waals surface area contributed by atoms with Crippen molar-refractivity contribution in [1.82, 2.24) is 0 Å². The van der Waals surface area contributed by atoms with Crippen LogP contribution in [0, 0.1) is 0 Å². The standard InChI is InChI=1S/C17H26O4/c1-14(20-13-15-8-6-5-7-9-15)12-19-11-10-16(18)21-17(2,3)4/h5-9,14H,10-13H2,1-4H3. The maximum Gasteiger partial charge on any atom is 0.308 e. The molecule has 1 atom stereocenters. The van der Waals surface area contributed by atoms with Crippen molar-refractivity contribution in [3.63, 3.8) is 0 Å². The molecule has 0 aromatic heterocycles. The van der Waals surface area contributed by atoms with Crippen LogP contribution in [0.5, 0.6) is 0 Å². The van der Waals surface area contributed by atoms with Crippen LogP contribution in [0.1, 0.15) is 39.7 Å². The van der Waals surface area contributed by atoms with E-state index >= 15 is 0 Å². The molecule has 0 aliphatic carbocycles. The van der Waals surface area contributed by atoms with E-state index in [1.165, 1.54) is 0 Å². The second-order valence-electron chi connectivity index (χ2n) is 6.02. The van der Waals surface area contributed by atoms with E-state index in [2.05, 4.69) is 0 Å². The number of carbonyl (C=O) groups is 1. The first-order chi connectivity index (χ1) is 9.87. The Labute approximate surface area is 127 Å². The van der Waals surface area contributed by atoms with Crippen molar-refractivity contribution in [1.29, 1.82) is 0 Å². The van der Waals surface area contributed by atoms with E-state index in [1.54, 1.807) is 0 Å². The molecule has 1 aromatic carbocycles. The van der Waals surface area contributed by atoms with Gasteiger partial charge in [-0.05, 0) is 33.3 Å². The van der Waals surface area contributed by atoms with Crippen LogP contribution in [0.3, 0.4) is 0 Å². The molecule has 0 spiro atoms. The first-order valence-electron chi connectivity index (χ1n) is 7.32. The number of carbonyl (C=O) groups excluding carboxylic acids is 1. The molecule has 0 fully saturated rings. The van der Waals surface area contributed by atoms with Crippen LogP contribution >= 0.6 is 0 Å². The molecule has 118 valence electrons. The van der Waals surface area contributed by atoms with E-state index in [0.29, 0.717) is 19.8 Å². The Kier molecular flexibility index (Phi) is 7.40. The van der Waals surface area contributed by atoms with Crippen LogP contribution in [0.15, 0.2) is 30.3 Å². The van der Waals surface area contributed by atoms with Gasteiger partial charge in [0.1, 0.15) is 5.60 Å². The van der Waals surface area contributed by atoms with Crippen molar-refractivity contribution < 1.29 is 19.0 Å². The predicted molar refractivity (Wildman–Crippen MR) is 82.0 cm³/mol. The van der Waals surface area contributed by atoms with Gasteiger partial charge in [0.15, 0.2) is 0 Å². The van der Waals surface area contributed by atoms with Gasteiger partial charge in [0.25, 0.3) is 0 Å². The summed E-state index contributed by atoms with van der Waals surface area (Å²) in [5, 5.41) is 0. The quantitative estimate of drug-likeness (QED) is 0.545. The molecule has 0 amide bonds. The number of ether oxygens (including phenoxy) is 3. The van der Waals surface area contributed by atoms with Gasteiger partial charge in [0, 0.05) is 0 Å². The maximum absolute atomic E-state index is 11.5. The topological polar surface area (TPSA) is 44.8 Å². The molecule has 1 unspecified atom stereocenters. The highest BCUT2D eigenvalue weighted by molar-refractivity contribution is 5.69. The average molecular weight is 294 g/mol. The van der Waals surface area contributed by atoms with Crippen LogP contribution in [0.4, 0.5) is 0 Å². The van der Waals surface area contributed by atoms with Crippen LogP contribution in [0.25, 0.3) is 0 Å². The summed E-state index contributed by atoms with van der Waals surface area (Å²) >= 11 is 0. The second kappa shape index (κ2) is 8.80. The molecule has 0 aliphatic rings. The highest BCUT2D eigenvalue weighted by Gasteiger charge is 2.15. The molecule has 4 nitrogen and oxygen atoms in total. The molecule has 0 saturated heterocycles. The first kappa shape index (κ1) is 17.7. The lowest BCUT2D eigenvalue weighted by molar-refractivity contribution is -0.156. The van der Waals surface area contributed by atoms with Gasteiger partial charge in [0.05, 0.1) is 32.3 Å². The Balaban J connectivity index is 2.08. The number of esters is 1. The number of benzene rings is 1. The third-order valence-corrected chi connectivity index (χ3v) is 2.60. The summed E-state index contributed by atoms with van der Waals surface area (Å²) < 4.78 is 16.3. The Bertz CT molecular complexity index is 409. The summed E-state index contributed by atoms with van der Waals surface area (Å²) in [4.78, 5) is 11.5. The Morgan fingerprint density at radius 2 is 1.86 bits per heavy atom. The molecule has 0 saturated carbocycles. The lowest BCUT2D eigenvalue weighted by atomic mass is 10.2. The fourth-order valence-electron chi connectivity index (χ4n) is 1.66. The van der Waals surface area contributed by atoms with E-state index in [0.717, 1.165) is 5.56 Å². The number of hydrogen-bond acceptors (Lipinski definition) is 4. The van der Waals surface area contributed by atoms with Gasteiger partial charge in [-0.2, -0.15) is 0 Å².